The molecule has 8 rings (SSSR count). The highest BCUT2D eigenvalue weighted by Crippen LogP contribution is 2.68. The van der Waals surface area contributed by atoms with Crippen LogP contribution in [-0.4, -0.2) is 61.4 Å². The molecule has 320 valence electrons. The molecule has 4 unspecified atom stereocenters. The van der Waals surface area contributed by atoms with Crippen molar-refractivity contribution in [3.05, 3.63) is 78.9 Å². The first kappa shape index (κ1) is 42.4. The molecule has 0 spiro atoms. The van der Waals surface area contributed by atoms with Gasteiger partial charge >= 0.3 is 0 Å². The highest BCUT2D eigenvalue weighted by Gasteiger charge is 2.61. The number of fused-ring (bicyclic) bond motifs is 5. The molecule has 8 nitrogen and oxygen atoms in total. The summed E-state index contributed by atoms with van der Waals surface area (Å²) in [7, 11) is -2.59. The Morgan fingerprint density at radius 3 is 2.27 bits per heavy atom. The fraction of sp³-hybridized carbons (Fsp3) is 0.660. The molecule has 5 aliphatic rings. The van der Waals surface area contributed by atoms with Crippen molar-refractivity contribution in [2.45, 2.75) is 148 Å². The summed E-state index contributed by atoms with van der Waals surface area (Å²) in [4.78, 5) is 33.1. The molecule has 59 heavy (non-hydrogen) atoms. The van der Waals surface area contributed by atoms with Crippen LogP contribution in [-0.2, 0) is 20.4 Å². The van der Waals surface area contributed by atoms with Gasteiger partial charge in [-0.05, 0) is 132 Å². The van der Waals surface area contributed by atoms with Crippen LogP contribution >= 0.6 is 0 Å². The number of carbonyl (C=O) groups is 2. The average Bonchev–Trinajstić information content (AvgIpc) is 4.00. The third kappa shape index (κ3) is 8.26. The largest absolute Gasteiger partial charge is 0.404 e. The molecule has 9 heteroatoms. The number of imidazole rings is 1. The summed E-state index contributed by atoms with van der Waals surface area (Å²) in [6.07, 6.45) is 18.3. The van der Waals surface area contributed by atoms with E-state index in [4.69, 9.17) is 4.43 Å². The highest BCUT2D eigenvalue weighted by molar-refractivity contribution is 6.99. The number of hydrogen-bond acceptors (Lipinski definition) is 5. The van der Waals surface area contributed by atoms with E-state index in [9.17, 15) is 9.59 Å². The van der Waals surface area contributed by atoms with Gasteiger partial charge < -0.3 is 25.4 Å². The number of benzene rings is 2. The monoisotopic (exact) mass is 820 g/mol. The minimum Gasteiger partial charge on any atom is -0.404 e. The zero-order chi connectivity index (χ0) is 41.4. The molecule has 5 fully saturated rings. The van der Waals surface area contributed by atoms with Crippen molar-refractivity contribution >= 4 is 30.5 Å². The Bertz CT molecular complexity index is 1830. The first-order valence-corrected chi connectivity index (χ1v) is 25.3. The number of hydrogen-bond donors (Lipinski definition) is 4. The Morgan fingerprint density at radius 1 is 0.898 bits per heavy atom. The molecule has 1 aromatic heterocycles. The lowest BCUT2D eigenvalue weighted by Crippen LogP contribution is -2.68. The van der Waals surface area contributed by atoms with Gasteiger partial charge in [0.2, 0.25) is 11.8 Å². The molecule has 0 bridgehead atoms. The number of rotatable bonds is 13. The fourth-order valence-corrected chi connectivity index (χ4v) is 18.7. The number of H-pyrrole nitrogens is 1. The highest BCUT2D eigenvalue weighted by atomic mass is 28.4. The first-order valence-electron chi connectivity index (χ1n) is 23.4. The standard InChI is InChI=1S/C50H73N5O3Si/c1-34(17-22-46(56)55-37-30-45(53-32-37)47(57)52-28-25-36-31-51-33-54-36)42-20-21-43-41-19-18-35-29-38(23-26-49(35,5)44(41)24-27-50(42,43)6)58-59(48(2,3)4,39-13-9-7-10-14-39)40-15-11-8-12-16-40/h7-16,31,33-35,37-38,41-45,53H,17-30,32H2,1-6H3,(H,51,54)(H,52,57)(H,55,56)/t34-,35?,37+,38+,41?,42-,43?,44?,45+,49+,50-/m1/s1. The van der Waals surface area contributed by atoms with Crippen molar-refractivity contribution in [3.8, 4) is 0 Å². The zero-order valence-electron chi connectivity index (χ0n) is 36.9. The van der Waals surface area contributed by atoms with E-state index >= 15 is 0 Å². The van der Waals surface area contributed by atoms with Gasteiger partial charge in [-0.15, -0.1) is 0 Å². The molecule has 4 aliphatic carbocycles. The Labute approximate surface area is 355 Å². The van der Waals surface area contributed by atoms with Gasteiger partial charge in [0, 0.05) is 50.0 Å². The fourth-order valence-electron chi connectivity index (χ4n) is 14.0. The van der Waals surface area contributed by atoms with E-state index < -0.39 is 8.32 Å². The predicted octanol–water partition coefficient (Wildman–Crippen LogP) is 7.94. The smallest absolute Gasteiger partial charge is 0.261 e. The van der Waals surface area contributed by atoms with Crippen molar-refractivity contribution in [2.24, 2.45) is 46.3 Å². The lowest BCUT2D eigenvalue weighted by molar-refractivity contribution is -0.128. The summed E-state index contributed by atoms with van der Waals surface area (Å²) in [5.74, 6) is 4.53. The van der Waals surface area contributed by atoms with E-state index in [0.29, 0.717) is 54.7 Å². The molecule has 4 N–H and O–H groups in total. The molecule has 2 heterocycles. The second-order valence-electron chi connectivity index (χ2n) is 21.2. The van der Waals surface area contributed by atoms with Crippen molar-refractivity contribution in [2.75, 3.05) is 13.1 Å². The third-order valence-corrected chi connectivity index (χ3v) is 22.1. The second kappa shape index (κ2) is 17.2. The van der Waals surface area contributed by atoms with Crippen molar-refractivity contribution < 1.29 is 14.0 Å². The van der Waals surface area contributed by atoms with Gasteiger partial charge in [0.05, 0.1) is 12.4 Å². The maximum atomic E-state index is 13.3. The summed E-state index contributed by atoms with van der Waals surface area (Å²) in [5, 5.41) is 12.4. The van der Waals surface area contributed by atoms with Gasteiger partial charge in [-0.25, -0.2) is 4.98 Å². The minimum atomic E-state index is -2.59. The predicted molar refractivity (Wildman–Crippen MR) is 240 cm³/mol. The van der Waals surface area contributed by atoms with Crippen LogP contribution in [0.5, 0.6) is 0 Å². The summed E-state index contributed by atoms with van der Waals surface area (Å²) in [5.41, 5.74) is 1.77. The van der Waals surface area contributed by atoms with Crippen LogP contribution < -0.4 is 26.3 Å². The Kier molecular flexibility index (Phi) is 12.4. The van der Waals surface area contributed by atoms with E-state index in [0.717, 1.165) is 42.2 Å². The maximum Gasteiger partial charge on any atom is 0.261 e. The number of nitrogens with one attached hydrogen (secondary N) is 4. The first-order chi connectivity index (χ1) is 28.3. The lowest BCUT2D eigenvalue weighted by atomic mass is 9.44. The SMILES string of the molecule is C[C@H](CCC(=O)N[C@@H]1CN[C@H](C(=O)NCCc2cnc[nH]2)C1)[C@H]1CCC2C3CCC4C[C@@H](O[Si](c5ccccc5)(c5ccccc5)C(C)(C)C)CC[C@]4(C)C3CC[C@@]21C. The Hall–Kier alpha value is -3.27. The molecule has 1 aliphatic heterocycles. The van der Waals surface area contributed by atoms with Gasteiger partial charge in [-0.2, -0.15) is 0 Å². The normalized spacial score (nSPS) is 33.7. The van der Waals surface area contributed by atoms with Gasteiger partial charge in [-0.3, -0.25) is 9.59 Å². The number of aromatic nitrogens is 2. The van der Waals surface area contributed by atoms with Crippen LogP contribution in [0.2, 0.25) is 5.04 Å². The quantitative estimate of drug-likeness (QED) is 0.131. The number of amides is 2. The molecular weight excluding hydrogens is 747 g/mol. The van der Waals surface area contributed by atoms with Crippen LogP contribution in [0, 0.1) is 46.3 Å². The van der Waals surface area contributed by atoms with E-state index in [2.05, 4.69) is 128 Å². The molecule has 2 aromatic carbocycles. The Balaban J connectivity index is 0.850. The third-order valence-electron chi connectivity index (χ3n) is 17.0. The van der Waals surface area contributed by atoms with Gasteiger partial charge in [0.25, 0.3) is 8.32 Å². The van der Waals surface area contributed by atoms with Gasteiger partial charge in [0.15, 0.2) is 0 Å². The molecule has 11 atom stereocenters. The average molecular weight is 820 g/mol. The number of carbonyl (C=O) groups excluding carboxylic acids is 2. The minimum absolute atomic E-state index is 0.000195. The van der Waals surface area contributed by atoms with Crippen molar-refractivity contribution in [1.29, 1.82) is 0 Å². The van der Waals surface area contributed by atoms with Crippen molar-refractivity contribution in [1.82, 2.24) is 25.9 Å². The lowest BCUT2D eigenvalue weighted by Gasteiger charge is -2.62. The molecule has 1 saturated heterocycles. The second-order valence-corrected chi connectivity index (χ2v) is 25.4. The van der Waals surface area contributed by atoms with Gasteiger partial charge in [-0.1, -0.05) is 102 Å². The summed E-state index contributed by atoms with van der Waals surface area (Å²) in [6, 6.07) is 22.2. The number of nitrogens with zero attached hydrogens (tertiary/aromatic N) is 1. The molecule has 3 aromatic rings. The molecule has 0 radical (unpaired) electrons. The van der Waals surface area contributed by atoms with E-state index in [1.807, 2.05) is 0 Å². The summed E-state index contributed by atoms with van der Waals surface area (Å²) < 4.78 is 7.77. The van der Waals surface area contributed by atoms with E-state index in [-0.39, 0.29) is 28.9 Å². The van der Waals surface area contributed by atoms with E-state index in [1.165, 1.54) is 68.2 Å². The van der Waals surface area contributed by atoms with Gasteiger partial charge in [0.1, 0.15) is 0 Å². The van der Waals surface area contributed by atoms with Crippen LogP contribution in [0.25, 0.3) is 0 Å². The Morgan fingerprint density at radius 2 is 1.59 bits per heavy atom. The molecule has 2 amide bonds. The van der Waals surface area contributed by atoms with Crippen LogP contribution in [0.4, 0.5) is 0 Å². The van der Waals surface area contributed by atoms with E-state index in [1.54, 1.807) is 12.5 Å². The van der Waals surface area contributed by atoms with Crippen molar-refractivity contribution in [3.63, 3.8) is 0 Å². The summed E-state index contributed by atoms with van der Waals surface area (Å²) >= 11 is 0. The number of aromatic amines is 1. The molecular formula is C50H73N5O3Si. The zero-order valence-corrected chi connectivity index (χ0v) is 37.9. The van der Waals surface area contributed by atoms with Crippen LogP contribution in [0.15, 0.2) is 73.2 Å². The maximum absolute atomic E-state index is 13.3. The molecule has 4 saturated carbocycles. The summed E-state index contributed by atoms with van der Waals surface area (Å²) in [6.45, 7) is 16.2. The topological polar surface area (TPSA) is 108 Å². The van der Waals surface area contributed by atoms with Crippen LogP contribution in [0.1, 0.15) is 124 Å². The van der Waals surface area contributed by atoms with Crippen LogP contribution in [0.3, 0.4) is 0 Å².